The van der Waals surface area contributed by atoms with Crippen LogP contribution in [0.4, 0.5) is 4.79 Å². The summed E-state index contributed by atoms with van der Waals surface area (Å²) in [7, 11) is 0. The molecule has 1 aliphatic rings. The smallest absolute Gasteiger partial charge is 0.410 e. The molecule has 0 N–H and O–H groups in total. The third-order valence-electron chi connectivity index (χ3n) is 2.06. The van der Waals surface area contributed by atoms with Gasteiger partial charge in [-0.05, 0) is 27.2 Å². The van der Waals surface area contributed by atoms with Gasteiger partial charge >= 0.3 is 6.09 Å². The van der Waals surface area contributed by atoms with Crippen LogP contribution in [0.1, 0.15) is 34.1 Å². The van der Waals surface area contributed by atoms with E-state index < -0.39 is 5.60 Å². The Balaban J connectivity index is 2.18. The van der Waals surface area contributed by atoms with Gasteiger partial charge in [0.25, 0.3) is 0 Å². The highest BCUT2D eigenvalue weighted by Gasteiger charge is 2.33. The molecule has 0 saturated carbocycles. The highest BCUT2D eigenvalue weighted by Crippen LogP contribution is 2.16. The second kappa shape index (κ2) is 4.84. The lowest BCUT2D eigenvalue weighted by Crippen LogP contribution is -2.55. The van der Waals surface area contributed by atoms with Crippen LogP contribution >= 0.6 is 0 Å². The first-order valence-corrected chi connectivity index (χ1v) is 5.52. The fourth-order valence-corrected chi connectivity index (χ4v) is 1.30. The van der Waals surface area contributed by atoms with Crippen LogP contribution < -0.4 is 0 Å². The van der Waals surface area contributed by atoms with Crippen LogP contribution in [0, 0.1) is 0 Å². The Morgan fingerprint density at radius 1 is 1.40 bits per heavy atom. The molecule has 1 saturated heterocycles. The van der Waals surface area contributed by atoms with Gasteiger partial charge in [-0.25, -0.2) is 4.79 Å². The Morgan fingerprint density at radius 3 is 2.47 bits per heavy atom. The number of likely N-dealkylation sites (tertiary alicyclic amines) is 1. The molecular weight excluding hydrogens is 194 g/mol. The number of nitrogens with zero attached hydrogens (tertiary/aromatic N) is 1. The van der Waals surface area contributed by atoms with Gasteiger partial charge in [0.1, 0.15) is 5.60 Å². The van der Waals surface area contributed by atoms with E-state index in [1.54, 1.807) is 4.90 Å². The van der Waals surface area contributed by atoms with Crippen molar-refractivity contribution in [3.05, 3.63) is 0 Å². The van der Waals surface area contributed by atoms with Crippen LogP contribution in [0.3, 0.4) is 0 Å². The maximum absolute atomic E-state index is 11.5. The zero-order valence-electron chi connectivity index (χ0n) is 10.1. The number of ether oxygens (including phenoxy) is 2. The number of carbonyl (C=O) groups excluding carboxylic acids is 1. The van der Waals surface area contributed by atoms with Gasteiger partial charge in [0.05, 0.1) is 19.2 Å². The third kappa shape index (κ3) is 4.08. The summed E-state index contributed by atoms with van der Waals surface area (Å²) in [4.78, 5) is 13.2. The molecule has 0 radical (unpaired) electrons. The molecule has 0 aliphatic carbocycles. The van der Waals surface area contributed by atoms with Gasteiger partial charge in [0.2, 0.25) is 0 Å². The van der Waals surface area contributed by atoms with Crippen molar-refractivity contribution in [1.82, 2.24) is 4.90 Å². The minimum absolute atomic E-state index is 0.206. The van der Waals surface area contributed by atoms with E-state index in [9.17, 15) is 4.79 Å². The minimum atomic E-state index is -0.410. The van der Waals surface area contributed by atoms with Crippen LogP contribution in [0.15, 0.2) is 0 Å². The van der Waals surface area contributed by atoms with Gasteiger partial charge in [-0.2, -0.15) is 0 Å². The minimum Gasteiger partial charge on any atom is -0.444 e. The monoisotopic (exact) mass is 215 g/mol. The van der Waals surface area contributed by atoms with Crippen LogP contribution in [0.25, 0.3) is 0 Å². The first-order chi connectivity index (χ1) is 6.92. The molecule has 0 bridgehead atoms. The third-order valence-corrected chi connectivity index (χ3v) is 2.06. The summed E-state index contributed by atoms with van der Waals surface area (Å²) >= 11 is 0. The molecule has 0 aromatic carbocycles. The van der Waals surface area contributed by atoms with Gasteiger partial charge in [0.15, 0.2) is 0 Å². The van der Waals surface area contributed by atoms with Crippen LogP contribution in [-0.2, 0) is 9.47 Å². The lowest BCUT2D eigenvalue weighted by Gasteiger charge is -2.39. The summed E-state index contributed by atoms with van der Waals surface area (Å²) in [6.45, 7) is 9.78. The number of carbonyl (C=O) groups is 1. The molecule has 1 aliphatic heterocycles. The van der Waals surface area contributed by atoms with E-state index in [-0.39, 0.29) is 12.2 Å². The van der Waals surface area contributed by atoms with Crippen molar-refractivity contribution in [2.75, 3.05) is 19.7 Å². The molecular formula is C11H21NO3. The molecule has 4 nitrogen and oxygen atoms in total. The number of hydrogen-bond donors (Lipinski definition) is 0. The Hall–Kier alpha value is -0.770. The molecule has 1 amide bonds. The van der Waals surface area contributed by atoms with Gasteiger partial charge in [-0.1, -0.05) is 6.92 Å². The summed E-state index contributed by atoms with van der Waals surface area (Å²) < 4.78 is 10.7. The number of hydrogen-bond acceptors (Lipinski definition) is 3. The van der Waals surface area contributed by atoms with E-state index >= 15 is 0 Å². The van der Waals surface area contributed by atoms with Crippen molar-refractivity contribution < 1.29 is 14.3 Å². The summed E-state index contributed by atoms with van der Waals surface area (Å²) in [5, 5.41) is 0. The standard InChI is InChI=1S/C11H21NO3/c1-5-6-14-9-7-12(8-9)10(13)15-11(2,3)4/h9H,5-8H2,1-4H3. The highest BCUT2D eigenvalue weighted by molar-refractivity contribution is 5.69. The summed E-state index contributed by atoms with van der Waals surface area (Å²) in [5.74, 6) is 0. The van der Waals surface area contributed by atoms with E-state index in [1.807, 2.05) is 20.8 Å². The first-order valence-electron chi connectivity index (χ1n) is 5.52. The molecule has 1 rings (SSSR count). The van der Waals surface area contributed by atoms with Crippen molar-refractivity contribution in [1.29, 1.82) is 0 Å². The van der Waals surface area contributed by atoms with Gasteiger partial charge in [-0.3, -0.25) is 0 Å². The largest absolute Gasteiger partial charge is 0.444 e. The molecule has 0 atom stereocenters. The SMILES string of the molecule is CCCOC1CN(C(=O)OC(C)(C)C)C1. The predicted molar refractivity (Wildman–Crippen MR) is 57.8 cm³/mol. The second-order valence-electron chi connectivity index (χ2n) is 4.88. The molecule has 0 spiro atoms. The number of amides is 1. The number of rotatable bonds is 3. The molecule has 1 heterocycles. The predicted octanol–water partition coefficient (Wildman–Crippen LogP) is 2.03. The van der Waals surface area contributed by atoms with Crippen molar-refractivity contribution in [2.45, 2.75) is 45.8 Å². The van der Waals surface area contributed by atoms with E-state index in [0.29, 0.717) is 13.1 Å². The lowest BCUT2D eigenvalue weighted by atomic mass is 10.2. The first kappa shape index (κ1) is 12.3. The Labute approximate surface area is 91.5 Å². The van der Waals surface area contributed by atoms with Gasteiger partial charge < -0.3 is 14.4 Å². The molecule has 15 heavy (non-hydrogen) atoms. The average Bonchev–Trinajstić information content (AvgIpc) is 1.98. The second-order valence-corrected chi connectivity index (χ2v) is 4.88. The van der Waals surface area contributed by atoms with Crippen LogP contribution in [0.5, 0.6) is 0 Å². The summed E-state index contributed by atoms with van der Waals surface area (Å²) in [6.07, 6.45) is 0.986. The molecule has 88 valence electrons. The Kier molecular flexibility index (Phi) is 3.97. The van der Waals surface area contributed by atoms with E-state index in [4.69, 9.17) is 9.47 Å². The summed E-state index contributed by atoms with van der Waals surface area (Å²) in [5.41, 5.74) is -0.410. The molecule has 1 fully saturated rings. The molecule has 0 unspecified atom stereocenters. The van der Waals surface area contributed by atoms with Crippen molar-refractivity contribution in [3.8, 4) is 0 Å². The van der Waals surface area contributed by atoms with Gasteiger partial charge in [0, 0.05) is 6.61 Å². The maximum atomic E-state index is 11.5. The van der Waals surface area contributed by atoms with Gasteiger partial charge in [-0.15, -0.1) is 0 Å². The fourth-order valence-electron chi connectivity index (χ4n) is 1.30. The van der Waals surface area contributed by atoms with Crippen molar-refractivity contribution in [2.24, 2.45) is 0 Å². The Morgan fingerprint density at radius 2 is 2.00 bits per heavy atom. The van der Waals surface area contributed by atoms with Crippen molar-refractivity contribution in [3.63, 3.8) is 0 Å². The topological polar surface area (TPSA) is 38.8 Å². The molecule has 0 aromatic rings. The van der Waals surface area contributed by atoms with Crippen LogP contribution in [-0.4, -0.2) is 42.4 Å². The van der Waals surface area contributed by atoms with E-state index in [0.717, 1.165) is 13.0 Å². The summed E-state index contributed by atoms with van der Waals surface area (Å²) in [6, 6.07) is 0. The lowest BCUT2D eigenvalue weighted by molar-refractivity contribution is -0.0628. The highest BCUT2D eigenvalue weighted by atomic mass is 16.6. The van der Waals surface area contributed by atoms with E-state index in [2.05, 4.69) is 6.92 Å². The van der Waals surface area contributed by atoms with Crippen molar-refractivity contribution >= 4 is 6.09 Å². The normalized spacial score (nSPS) is 17.5. The zero-order chi connectivity index (χ0) is 11.5. The average molecular weight is 215 g/mol. The zero-order valence-corrected chi connectivity index (χ0v) is 10.1. The quantitative estimate of drug-likeness (QED) is 0.723. The van der Waals surface area contributed by atoms with E-state index in [1.165, 1.54) is 0 Å². The molecule has 4 heteroatoms. The fraction of sp³-hybridized carbons (Fsp3) is 0.909. The molecule has 0 aromatic heterocycles. The maximum Gasteiger partial charge on any atom is 0.410 e. The Bertz CT molecular complexity index is 216. The van der Waals surface area contributed by atoms with Crippen LogP contribution in [0.2, 0.25) is 0 Å².